The zero-order chi connectivity index (χ0) is 12.8. The lowest BCUT2D eigenvalue weighted by Gasteiger charge is -2.08. The molecule has 2 rings (SSSR count). The number of H-pyrrole nitrogens is 1. The van der Waals surface area contributed by atoms with Crippen LogP contribution in [-0.2, 0) is 13.0 Å². The van der Waals surface area contributed by atoms with Crippen molar-refractivity contribution in [3.63, 3.8) is 0 Å². The van der Waals surface area contributed by atoms with Gasteiger partial charge in [0.25, 0.3) is 0 Å². The van der Waals surface area contributed by atoms with Gasteiger partial charge in [0.15, 0.2) is 0 Å². The van der Waals surface area contributed by atoms with Crippen LogP contribution in [0.4, 0.5) is 0 Å². The van der Waals surface area contributed by atoms with Crippen molar-refractivity contribution in [3.05, 3.63) is 46.5 Å². The predicted octanol–water partition coefficient (Wildman–Crippen LogP) is 2.51. The summed E-state index contributed by atoms with van der Waals surface area (Å²) in [6.07, 6.45) is 4.51. The summed E-state index contributed by atoms with van der Waals surface area (Å²) in [7, 11) is 1.68. The summed E-state index contributed by atoms with van der Waals surface area (Å²) < 4.78 is 6.30. The van der Waals surface area contributed by atoms with Gasteiger partial charge in [0.1, 0.15) is 11.6 Å². The highest BCUT2D eigenvalue weighted by atomic mass is 79.9. The van der Waals surface area contributed by atoms with Crippen LogP contribution in [-0.4, -0.2) is 23.6 Å². The van der Waals surface area contributed by atoms with Gasteiger partial charge in [-0.2, -0.15) is 0 Å². The molecule has 1 aromatic carbocycles. The maximum Gasteiger partial charge on any atom is 0.119 e. The Morgan fingerprint density at radius 1 is 1.44 bits per heavy atom. The highest BCUT2D eigenvalue weighted by Crippen LogP contribution is 2.22. The van der Waals surface area contributed by atoms with Crippen molar-refractivity contribution in [2.45, 2.75) is 13.0 Å². The van der Waals surface area contributed by atoms with Crippen LogP contribution in [0.15, 0.2) is 35.1 Å². The molecule has 1 heterocycles. The molecule has 0 radical (unpaired) electrons. The van der Waals surface area contributed by atoms with Crippen molar-refractivity contribution in [2.75, 3.05) is 13.7 Å². The number of benzene rings is 1. The second kappa shape index (κ2) is 6.56. The number of aromatic nitrogens is 2. The molecule has 0 aliphatic heterocycles. The summed E-state index contributed by atoms with van der Waals surface area (Å²) in [6.45, 7) is 1.69. The van der Waals surface area contributed by atoms with E-state index in [2.05, 4.69) is 31.2 Å². The summed E-state index contributed by atoms with van der Waals surface area (Å²) in [4.78, 5) is 7.27. The van der Waals surface area contributed by atoms with Crippen LogP contribution in [0.1, 0.15) is 11.4 Å². The van der Waals surface area contributed by atoms with Crippen molar-refractivity contribution < 1.29 is 4.74 Å². The smallest absolute Gasteiger partial charge is 0.119 e. The Hall–Kier alpha value is -1.33. The number of methoxy groups -OCH3 is 1. The summed E-state index contributed by atoms with van der Waals surface area (Å²) in [5.74, 6) is 1.88. The Morgan fingerprint density at radius 2 is 2.33 bits per heavy atom. The Balaban J connectivity index is 1.82. The first kappa shape index (κ1) is 13.1. The van der Waals surface area contributed by atoms with Crippen molar-refractivity contribution in [2.24, 2.45) is 0 Å². The average Bonchev–Trinajstić information content (AvgIpc) is 2.89. The molecule has 0 saturated carbocycles. The third-order valence-electron chi connectivity index (χ3n) is 2.66. The van der Waals surface area contributed by atoms with Gasteiger partial charge < -0.3 is 15.0 Å². The maximum atomic E-state index is 5.21. The van der Waals surface area contributed by atoms with Crippen LogP contribution in [0.25, 0.3) is 0 Å². The van der Waals surface area contributed by atoms with E-state index >= 15 is 0 Å². The quantitative estimate of drug-likeness (QED) is 0.806. The minimum Gasteiger partial charge on any atom is -0.497 e. The van der Waals surface area contributed by atoms with Gasteiger partial charge in [0.05, 0.1) is 7.11 Å². The molecule has 0 unspecified atom stereocenters. The van der Waals surface area contributed by atoms with Crippen LogP contribution < -0.4 is 10.1 Å². The Labute approximate surface area is 115 Å². The second-order valence-electron chi connectivity index (χ2n) is 3.92. The van der Waals surface area contributed by atoms with Gasteiger partial charge in [-0.1, -0.05) is 15.9 Å². The second-order valence-corrected chi connectivity index (χ2v) is 4.77. The van der Waals surface area contributed by atoms with E-state index in [9.17, 15) is 0 Å². The lowest BCUT2D eigenvalue weighted by atomic mass is 10.2. The molecule has 0 spiro atoms. The van der Waals surface area contributed by atoms with Gasteiger partial charge in [-0.15, -0.1) is 0 Å². The van der Waals surface area contributed by atoms with Crippen molar-refractivity contribution in [1.82, 2.24) is 15.3 Å². The molecule has 5 heteroatoms. The largest absolute Gasteiger partial charge is 0.497 e. The van der Waals surface area contributed by atoms with Crippen LogP contribution in [0, 0.1) is 0 Å². The third kappa shape index (κ3) is 3.58. The van der Waals surface area contributed by atoms with E-state index in [1.165, 1.54) is 5.56 Å². The first-order chi connectivity index (χ1) is 8.79. The SMILES string of the molecule is COc1ccc(Br)c(CNCCc2ncc[nH]2)c1. The monoisotopic (exact) mass is 309 g/mol. The minimum absolute atomic E-state index is 0.804. The van der Waals surface area contributed by atoms with Crippen molar-refractivity contribution in [3.8, 4) is 5.75 Å². The lowest BCUT2D eigenvalue weighted by Crippen LogP contribution is -2.17. The molecule has 0 aliphatic carbocycles. The molecule has 0 aliphatic rings. The van der Waals surface area contributed by atoms with Gasteiger partial charge in [0.2, 0.25) is 0 Å². The zero-order valence-corrected chi connectivity index (χ0v) is 11.8. The molecule has 2 aromatic rings. The van der Waals surface area contributed by atoms with Gasteiger partial charge in [0, 0.05) is 36.4 Å². The highest BCUT2D eigenvalue weighted by molar-refractivity contribution is 9.10. The van der Waals surface area contributed by atoms with E-state index in [4.69, 9.17) is 4.74 Å². The third-order valence-corrected chi connectivity index (χ3v) is 3.44. The van der Waals surface area contributed by atoms with Gasteiger partial charge in [-0.3, -0.25) is 0 Å². The van der Waals surface area contributed by atoms with Crippen LogP contribution in [0.2, 0.25) is 0 Å². The van der Waals surface area contributed by atoms with E-state index in [0.717, 1.165) is 35.6 Å². The van der Waals surface area contributed by atoms with Crippen molar-refractivity contribution in [1.29, 1.82) is 0 Å². The van der Waals surface area contributed by atoms with Crippen LogP contribution in [0.5, 0.6) is 5.75 Å². The molecule has 2 N–H and O–H groups in total. The maximum absolute atomic E-state index is 5.21. The summed E-state index contributed by atoms with van der Waals surface area (Å²) in [6, 6.07) is 5.97. The van der Waals surface area contributed by atoms with E-state index in [1.807, 2.05) is 24.4 Å². The molecule has 1 aromatic heterocycles. The molecule has 0 atom stereocenters. The Kier molecular flexibility index (Phi) is 4.78. The molecule has 0 bridgehead atoms. The summed E-state index contributed by atoms with van der Waals surface area (Å²) in [5.41, 5.74) is 1.19. The Bertz CT molecular complexity index is 485. The standard InChI is InChI=1S/C13H16BrN3O/c1-18-11-2-3-12(14)10(8-11)9-15-5-4-13-16-6-7-17-13/h2-3,6-8,15H,4-5,9H2,1H3,(H,16,17). The van der Waals surface area contributed by atoms with E-state index in [1.54, 1.807) is 13.3 Å². The number of aromatic amines is 1. The number of imidazole rings is 1. The fraction of sp³-hybridized carbons (Fsp3) is 0.308. The summed E-state index contributed by atoms with van der Waals surface area (Å²) in [5, 5.41) is 3.39. The van der Waals surface area contributed by atoms with Crippen LogP contribution in [0.3, 0.4) is 0 Å². The summed E-state index contributed by atoms with van der Waals surface area (Å²) >= 11 is 3.54. The molecule has 96 valence electrons. The Morgan fingerprint density at radius 3 is 3.06 bits per heavy atom. The minimum atomic E-state index is 0.804. The molecule has 18 heavy (non-hydrogen) atoms. The molecule has 4 nitrogen and oxygen atoms in total. The zero-order valence-electron chi connectivity index (χ0n) is 10.2. The number of nitrogens with one attached hydrogen (secondary N) is 2. The van der Waals surface area contributed by atoms with E-state index < -0.39 is 0 Å². The fourth-order valence-corrected chi connectivity index (χ4v) is 2.06. The number of nitrogens with zero attached hydrogens (tertiary/aromatic N) is 1. The van der Waals surface area contributed by atoms with Crippen molar-refractivity contribution >= 4 is 15.9 Å². The van der Waals surface area contributed by atoms with Gasteiger partial charge in [-0.25, -0.2) is 4.98 Å². The topological polar surface area (TPSA) is 49.9 Å². The van der Waals surface area contributed by atoms with E-state index in [-0.39, 0.29) is 0 Å². The average molecular weight is 310 g/mol. The van der Waals surface area contributed by atoms with Gasteiger partial charge >= 0.3 is 0 Å². The molecule has 0 saturated heterocycles. The molecule has 0 amide bonds. The normalized spacial score (nSPS) is 10.6. The molecular weight excluding hydrogens is 294 g/mol. The number of ether oxygens (including phenoxy) is 1. The molecular formula is C13H16BrN3O. The highest BCUT2D eigenvalue weighted by Gasteiger charge is 2.02. The number of hydrogen-bond donors (Lipinski definition) is 2. The lowest BCUT2D eigenvalue weighted by molar-refractivity contribution is 0.414. The van der Waals surface area contributed by atoms with Crippen LogP contribution >= 0.6 is 15.9 Å². The van der Waals surface area contributed by atoms with Gasteiger partial charge in [-0.05, 0) is 23.8 Å². The predicted molar refractivity (Wildman–Crippen MR) is 74.7 cm³/mol. The fourth-order valence-electron chi connectivity index (χ4n) is 1.68. The first-order valence-electron chi connectivity index (χ1n) is 5.81. The molecule has 0 fully saturated rings. The first-order valence-corrected chi connectivity index (χ1v) is 6.60. The van der Waals surface area contributed by atoms with E-state index in [0.29, 0.717) is 0 Å². The number of halogens is 1. The number of rotatable bonds is 6. The number of hydrogen-bond acceptors (Lipinski definition) is 3.